The number of carbonyl (C=O) groups is 2. The van der Waals surface area contributed by atoms with Gasteiger partial charge in [0.15, 0.2) is 0 Å². The number of hydrogen-bond acceptors (Lipinski definition) is 5. The fourth-order valence-corrected chi connectivity index (χ4v) is 15.7. The Morgan fingerprint density at radius 2 is 0.929 bits per heavy atom. The van der Waals surface area contributed by atoms with Gasteiger partial charge in [-0.15, -0.1) is 0 Å². The first-order valence-corrected chi connectivity index (χ1v) is 19.6. The number of fused-ring (bicyclic) bond motifs is 3. The standard InChI is InChI=1S/C51H21NO4/c1-52-15-50-27-10-11-28-26-9-7-24-22-5-3-20-19-2-4-21-23-6-8-25(27)35-33(23)38-31(21)29(19)37-30(20)32(22)39-34(24)36(26)46(44-42(39)40(37)41(38)43(44)45(35)50)51(28,50)47(52)16-12-17(48(53)54)14-18(13-16)49(55)56/h2-14,47H,15H2,1H3,(H,53,54)(H,55,56)/p-2. The van der Waals surface area contributed by atoms with Crippen molar-refractivity contribution in [3.63, 3.8) is 0 Å². The lowest BCUT2D eigenvalue weighted by molar-refractivity contribution is -0.255. The molecular formula is C51H19NO4-2. The Bertz CT molecular complexity index is 4350. The SMILES string of the molecule is CN1CC23C4=c5ccc6c7ccc8c9ccc%10c%11ccc%12c%13c(c%14c%15c2c5c6c2c7c8c5c9c%10c(c%13%11)c%14c5c%152)C3(C=%12C=C4)C1c1cc(C(=O)[O-])cc(C(=O)[O-])c1. The predicted molar refractivity (Wildman–Crippen MR) is 218 cm³/mol. The molecule has 5 heteroatoms. The molecule has 1 fully saturated rings. The Morgan fingerprint density at radius 1 is 0.518 bits per heavy atom. The molecule has 5 aliphatic rings. The molecule has 0 aromatic heterocycles. The van der Waals surface area contributed by atoms with Crippen molar-refractivity contribution in [3.8, 4) is 0 Å². The molecule has 1 heterocycles. The highest BCUT2D eigenvalue weighted by Gasteiger charge is 2.73. The number of hydrogen-bond donors (Lipinski definition) is 0. The fourth-order valence-electron chi connectivity index (χ4n) is 15.7. The van der Waals surface area contributed by atoms with E-state index in [1.54, 1.807) is 12.1 Å². The summed E-state index contributed by atoms with van der Waals surface area (Å²) in [4.78, 5) is 27.7. The number of likely N-dealkylation sites (N-methyl/N-ethyl adjacent to an activating group) is 1. The van der Waals surface area contributed by atoms with Gasteiger partial charge in [-0.2, -0.15) is 0 Å². The Morgan fingerprint density at radius 3 is 1.46 bits per heavy atom. The van der Waals surface area contributed by atoms with E-state index in [0.717, 1.165) is 0 Å². The number of likely N-dealkylation sites (tertiary alicyclic amines) is 1. The van der Waals surface area contributed by atoms with E-state index in [4.69, 9.17) is 0 Å². The highest BCUT2D eigenvalue weighted by atomic mass is 16.4. The van der Waals surface area contributed by atoms with Gasteiger partial charge in [0.2, 0.25) is 0 Å². The summed E-state index contributed by atoms with van der Waals surface area (Å²) >= 11 is 0. The number of carboxylic acid groups (broad SMARTS) is 2. The smallest absolute Gasteiger partial charge is 0.0715 e. The lowest BCUT2D eigenvalue weighted by atomic mass is 9.47. The molecule has 0 bridgehead atoms. The first kappa shape index (κ1) is 26.1. The number of nitrogens with zero attached hydrogens (tertiary/aromatic N) is 1. The zero-order valence-electron chi connectivity index (χ0n) is 29.4. The van der Waals surface area contributed by atoms with Crippen LogP contribution in [0.3, 0.4) is 0 Å². The molecule has 18 rings (SSSR count). The summed E-state index contributed by atoms with van der Waals surface area (Å²) in [5.41, 5.74) is 4.54. The van der Waals surface area contributed by atoms with E-state index in [2.05, 4.69) is 72.6 Å². The molecule has 0 radical (unpaired) electrons. The largest absolute Gasteiger partial charge is 0.545 e. The minimum atomic E-state index is -1.39. The zero-order chi connectivity index (χ0) is 36.1. The van der Waals surface area contributed by atoms with Crippen LogP contribution in [0, 0.1) is 0 Å². The molecule has 0 saturated carbocycles. The van der Waals surface area contributed by atoms with Crippen molar-refractivity contribution < 1.29 is 19.8 Å². The van der Waals surface area contributed by atoms with Gasteiger partial charge < -0.3 is 19.8 Å². The van der Waals surface area contributed by atoms with Crippen molar-refractivity contribution in [2.45, 2.75) is 16.9 Å². The van der Waals surface area contributed by atoms with Crippen LogP contribution < -0.4 is 20.7 Å². The Labute approximate surface area is 312 Å². The number of benzene rings is 9. The molecule has 1 aliphatic heterocycles. The molecule has 4 aliphatic carbocycles. The lowest BCUT2D eigenvalue weighted by Gasteiger charge is -2.52. The van der Waals surface area contributed by atoms with Crippen molar-refractivity contribution >= 4 is 142 Å². The Balaban J connectivity index is 1.24. The van der Waals surface area contributed by atoms with E-state index in [1.165, 1.54) is 157 Å². The van der Waals surface area contributed by atoms with Crippen LogP contribution in [0.1, 0.15) is 43.4 Å². The second kappa shape index (κ2) is 6.95. The van der Waals surface area contributed by atoms with Gasteiger partial charge in [-0.3, -0.25) is 4.90 Å². The van der Waals surface area contributed by atoms with E-state index in [9.17, 15) is 19.8 Å². The second-order valence-electron chi connectivity index (χ2n) is 18.0. The van der Waals surface area contributed by atoms with Gasteiger partial charge >= 0.3 is 0 Å². The van der Waals surface area contributed by atoms with Crippen molar-refractivity contribution in [2.75, 3.05) is 13.6 Å². The molecule has 5 nitrogen and oxygen atoms in total. The molecule has 0 N–H and O–H groups in total. The van der Waals surface area contributed by atoms with E-state index in [0.29, 0.717) is 12.1 Å². The lowest BCUT2D eigenvalue weighted by Crippen LogP contribution is -2.52. The number of carboxylic acids is 2. The van der Waals surface area contributed by atoms with Gasteiger partial charge in [0.1, 0.15) is 0 Å². The van der Waals surface area contributed by atoms with E-state index < -0.39 is 22.8 Å². The summed E-state index contributed by atoms with van der Waals surface area (Å²) in [6.07, 6.45) is 4.78. The molecule has 254 valence electrons. The second-order valence-corrected chi connectivity index (χ2v) is 18.0. The number of aromatic carboxylic acids is 2. The van der Waals surface area contributed by atoms with Crippen LogP contribution in [0.5, 0.6) is 0 Å². The monoisotopic (exact) mass is 709 g/mol. The van der Waals surface area contributed by atoms with Crippen LogP contribution >= 0.6 is 0 Å². The van der Waals surface area contributed by atoms with E-state index in [1.807, 2.05) is 0 Å². The summed E-state index contributed by atoms with van der Waals surface area (Å²) in [5.74, 6) is -2.79. The molecule has 1 saturated heterocycles. The molecule has 3 unspecified atom stereocenters. The normalized spacial score (nSPS) is 23.8. The summed E-state index contributed by atoms with van der Waals surface area (Å²) in [5, 5.41) is 58.1. The predicted octanol–water partition coefficient (Wildman–Crippen LogP) is 6.68. The molecule has 2 spiro atoms. The minimum absolute atomic E-state index is 0.140. The summed E-state index contributed by atoms with van der Waals surface area (Å²) in [6.45, 7) is 0.696. The Hall–Kier alpha value is -6.82. The average Bonchev–Trinajstić information content (AvgIpc) is 4.04. The molecule has 0 amide bonds. The van der Waals surface area contributed by atoms with Crippen LogP contribution in [-0.2, 0) is 10.8 Å². The first-order valence-electron chi connectivity index (χ1n) is 19.6. The third kappa shape index (κ3) is 1.90. The quantitative estimate of drug-likeness (QED) is 0.192. The van der Waals surface area contributed by atoms with Gasteiger partial charge in [-0.05, 0) is 193 Å². The maximum absolute atomic E-state index is 12.6. The zero-order valence-corrected chi connectivity index (χ0v) is 29.4. The molecule has 13 aromatic rings. The van der Waals surface area contributed by atoms with Gasteiger partial charge in [-0.25, -0.2) is 0 Å². The topological polar surface area (TPSA) is 83.5 Å². The first-order chi connectivity index (χ1) is 27.4. The third-order valence-corrected chi connectivity index (χ3v) is 16.6. The fraction of sp³-hybridized carbons (Fsp3) is 0.0980. The molecule has 56 heavy (non-hydrogen) atoms. The van der Waals surface area contributed by atoms with Gasteiger partial charge in [-0.1, -0.05) is 60.7 Å². The minimum Gasteiger partial charge on any atom is -0.545 e. The highest BCUT2D eigenvalue weighted by Crippen LogP contribution is 2.78. The van der Waals surface area contributed by atoms with Crippen molar-refractivity contribution in [1.29, 1.82) is 0 Å². The maximum atomic E-state index is 12.6. The van der Waals surface area contributed by atoms with Gasteiger partial charge in [0.25, 0.3) is 0 Å². The van der Waals surface area contributed by atoms with E-state index in [-0.39, 0.29) is 17.2 Å². The van der Waals surface area contributed by atoms with Crippen LogP contribution in [0.25, 0.3) is 130 Å². The van der Waals surface area contributed by atoms with E-state index >= 15 is 0 Å². The van der Waals surface area contributed by atoms with Gasteiger partial charge in [0, 0.05) is 12.6 Å². The third-order valence-electron chi connectivity index (χ3n) is 16.6. The average molecular weight is 710 g/mol. The maximum Gasteiger partial charge on any atom is 0.0715 e. The van der Waals surface area contributed by atoms with Gasteiger partial charge in [0.05, 0.1) is 22.8 Å². The van der Waals surface area contributed by atoms with Crippen LogP contribution in [0.4, 0.5) is 0 Å². The molecule has 13 aromatic carbocycles. The summed E-state index contributed by atoms with van der Waals surface area (Å²) < 4.78 is 0. The summed E-state index contributed by atoms with van der Waals surface area (Å²) in [7, 11) is 2.16. The Kier molecular flexibility index (Phi) is 3.24. The van der Waals surface area contributed by atoms with Crippen molar-refractivity contribution in [1.82, 2.24) is 4.90 Å². The number of allylic oxidation sites excluding steroid dienone is 2. The van der Waals surface area contributed by atoms with Crippen LogP contribution in [0.15, 0.2) is 78.9 Å². The number of rotatable bonds is 3. The molecular weight excluding hydrogens is 691 g/mol. The van der Waals surface area contributed by atoms with Crippen molar-refractivity contribution in [2.24, 2.45) is 0 Å². The molecule has 3 atom stereocenters. The van der Waals surface area contributed by atoms with Crippen LogP contribution in [0.2, 0.25) is 0 Å². The van der Waals surface area contributed by atoms with Crippen molar-refractivity contribution in [3.05, 3.63) is 117 Å². The number of carbonyl (C=O) groups excluding carboxylic acids is 2. The highest BCUT2D eigenvalue weighted by molar-refractivity contribution is 6.64. The summed E-state index contributed by atoms with van der Waals surface area (Å²) in [6, 6.07) is 23.2. The van der Waals surface area contributed by atoms with Crippen LogP contribution in [-0.4, -0.2) is 30.4 Å².